The van der Waals surface area contributed by atoms with E-state index in [2.05, 4.69) is 33.5 Å². The predicted molar refractivity (Wildman–Crippen MR) is 69.3 cm³/mol. The Morgan fingerprint density at radius 2 is 2.11 bits per heavy atom. The molecule has 0 amide bonds. The number of hydrogen-bond acceptors (Lipinski definition) is 6. The number of carbonyl (C=O) groups excluding carboxylic acids is 1. The molecule has 0 aliphatic carbocycles. The smallest absolute Gasteiger partial charge is 0.343 e. The van der Waals surface area contributed by atoms with E-state index < -0.39 is 5.97 Å². The van der Waals surface area contributed by atoms with Gasteiger partial charge in [-0.05, 0) is 13.1 Å². The van der Waals surface area contributed by atoms with Gasteiger partial charge in [-0.1, -0.05) is 13.8 Å². The summed E-state index contributed by atoms with van der Waals surface area (Å²) in [6.45, 7) is 7.08. The molecule has 0 saturated heterocycles. The second-order valence-corrected chi connectivity index (χ2v) is 3.85. The first-order chi connectivity index (χ1) is 8.62. The van der Waals surface area contributed by atoms with E-state index in [1.54, 1.807) is 0 Å². The van der Waals surface area contributed by atoms with Crippen LogP contribution in [0.1, 0.15) is 30.0 Å². The maximum atomic E-state index is 11.3. The SMILES string of the molecule is CCN(CC)CCc1ncc(C(=O)OC)c(N)n1. The fourth-order valence-electron chi connectivity index (χ4n) is 1.62. The second kappa shape index (κ2) is 6.90. The molecule has 18 heavy (non-hydrogen) atoms. The average Bonchev–Trinajstić information content (AvgIpc) is 2.39. The van der Waals surface area contributed by atoms with E-state index in [-0.39, 0.29) is 11.4 Å². The summed E-state index contributed by atoms with van der Waals surface area (Å²) in [5.41, 5.74) is 5.92. The monoisotopic (exact) mass is 252 g/mol. The van der Waals surface area contributed by atoms with Gasteiger partial charge >= 0.3 is 5.97 Å². The molecule has 0 saturated carbocycles. The molecule has 1 heterocycles. The number of nitrogens with zero attached hydrogens (tertiary/aromatic N) is 3. The minimum Gasteiger partial charge on any atom is -0.465 e. The minimum absolute atomic E-state index is 0.173. The molecule has 0 bridgehead atoms. The third-order valence-electron chi connectivity index (χ3n) is 2.82. The number of nitrogens with two attached hydrogens (primary N) is 1. The zero-order valence-electron chi connectivity index (χ0n) is 11.1. The molecule has 0 spiro atoms. The lowest BCUT2D eigenvalue weighted by Gasteiger charge is -2.17. The Kier molecular flexibility index (Phi) is 5.51. The summed E-state index contributed by atoms with van der Waals surface area (Å²) in [5, 5.41) is 0. The number of aromatic nitrogens is 2. The minimum atomic E-state index is -0.511. The summed E-state index contributed by atoms with van der Waals surface area (Å²) in [4.78, 5) is 21.8. The molecule has 0 fully saturated rings. The van der Waals surface area contributed by atoms with Crippen molar-refractivity contribution in [3.63, 3.8) is 0 Å². The lowest BCUT2D eigenvalue weighted by atomic mass is 10.3. The Labute approximate surface area is 107 Å². The van der Waals surface area contributed by atoms with Crippen LogP contribution in [0.3, 0.4) is 0 Å². The number of ether oxygens (including phenoxy) is 1. The van der Waals surface area contributed by atoms with E-state index in [1.165, 1.54) is 13.3 Å². The van der Waals surface area contributed by atoms with Crippen molar-refractivity contribution >= 4 is 11.8 Å². The van der Waals surface area contributed by atoms with Gasteiger partial charge in [-0.15, -0.1) is 0 Å². The lowest BCUT2D eigenvalue weighted by molar-refractivity contribution is 0.0601. The van der Waals surface area contributed by atoms with Crippen LogP contribution in [0, 0.1) is 0 Å². The Morgan fingerprint density at radius 3 is 2.61 bits per heavy atom. The quantitative estimate of drug-likeness (QED) is 0.752. The molecule has 0 atom stereocenters. The largest absolute Gasteiger partial charge is 0.465 e. The normalized spacial score (nSPS) is 10.7. The molecule has 1 aromatic heterocycles. The molecular formula is C12H20N4O2. The van der Waals surface area contributed by atoms with Gasteiger partial charge in [-0.25, -0.2) is 14.8 Å². The van der Waals surface area contributed by atoms with Gasteiger partial charge in [0.15, 0.2) is 0 Å². The summed E-state index contributed by atoms with van der Waals surface area (Å²) >= 11 is 0. The molecule has 2 N–H and O–H groups in total. The van der Waals surface area contributed by atoms with Crippen molar-refractivity contribution in [3.05, 3.63) is 17.6 Å². The highest BCUT2D eigenvalue weighted by atomic mass is 16.5. The standard InChI is InChI=1S/C12H20N4O2/c1-4-16(5-2)7-6-10-14-8-9(11(13)15-10)12(17)18-3/h8H,4-7H2,1-3H3,(H2,13,14,15). The average molecular weight is 252 g/mol. The van der Waals surface area contributed by atoms with Gasteiger partial charge in [0.05, 0.1) is 7.11 Å². The maximum absolute atomic E-state index is 11.3. The van der Waals surface area contributed by atoms with Crippen LogP contribution in [-0.4, -0.2) is 47.6 Å². The Balaban J connectivity index is 2.70. The molecule has 0 aliphatic rings. The van der Waals surface area contributed by atoms with Crippen molar-refractivity contribution in [2.45, 2.75) is 20.3 Å². The van der Waals surface area contributed by atoms with Crippen molar-refractivity contribution in [1.29, 1.82) is 0 Å². The summed E-state index contributed by atoms with van der Waals surface area (Å²) < 4.78 is 4.58. The van der Waals surface area contributed by atoms with Crippen molar-refractivity contribution in [2.75, 3.05) is 32.5 Å². The van der Waals surface area contributed by atoms with E-state index in [9.17, 15) is 4.79 Å². The Bertz CT molecular complexity index is 405. The number of rotatable bonds is 6. The van der Waals surface area contributed by atoms with Gasteiger partial charge < -0.3 is 15.4 Å². The molecule has 1 aromatic rings. The third-order valence-corrected chi connectivity index (χ3v) is 2.82. The Hall–Kier alpha value is -1.69. The summed E-state index contributed by atoms with van der Waals surface area (Å²) in [7, 11) is 1.30. The van der Waals surface area contributed by atoms with E-state index in [0.29, 0.717) is 12.2 Å². The topological polar surface area (TPSA) is 81.3 Å². The number of carbonyl (C=O) groups is 1. The summed E-state index contributed by atoms with van der Waals surface area (Å²) in [5.74, 6) is 0.307. The van der Waals surface area contributed by atoms with Crippen LogP contribution in [0.2, 0.25) is 0 Å². The number of hydrogen-bond donors (Lipinski definition) is 1. The summed E-state index contributed by atoms with van der Waals surface area (Å²) in [6, 6.07) is 0. The molecule has 100 valence electrons. The number of likely N-dealkylation sites (N-methyl/N-ethyl adjacent to an activating group) is 1. The number of anilines is 1. The van der Waals surface area contributed by atoms with Crippen molar-refractivity contribution < 1.29 is 9.53 Å². The third kappa shape index (κ3) is 3.66. The first kappa shape index (κ1) is 14.4. The van der Waals surface area contributed by atoms with E-state index in [1.807, 2.05) is 0 Å². The zero-order chi connectivity index (χ0) is 13.5. The summed E-state index contributed by atoms with van der Waals surface area (Å²) in [6.07, 6.45) is 2.14. The van der Waals surface area contributed by atoms with Crippen LogP contribution < -0.4 is 5.73 Å². The Morgan fingerprint density at radius 1 is 1.44 bits per heavy atom. The molecule has 0 radical (unpaired) electrons. The highest BCUT2D eigenvalue weighted by Crippen LogP contribution is 2.09. The van der Waals surface area contributed by atoms with Gasteiger partial charge in [0.25, 0.3) is 0 Å². The van der Waals surface area contributed by atoms with E-state index in [0.717, 1.165) is 19.6 Å². The molecule has 1 rings (SSSR count). The number of methoxy groups -OCH3 is 1. The van der Waals surface area contributed by atoms with E-state index >= 15 is 0 Å². The van der Waals surface area contributed by atoms with Crippen LogP contribution in [0.5, 0.6) is 0 Å². The molecule has 0 aromatic carbocycles. The van der Waals surface area contributed by atoms with Gasteiger partial charge in [0.2, 0.25) is 0 Å². The lowest BCUT2D eigenvalue weighted by Crippen LogP contribution is -2.26. The number of nitrogen functional groups attached to an aromatic ring is 1. The van der Waals surface area contributed by atoms with Crippen molar-refractivity contribution in [3.8, 4) is 0 Å². The van der Waals surface area contributed by atoms with Gasteiger partial charge in [-0.2, -0.15) is 0 Å². The zero-order valence-corrected chi connectivity index (χ0v) is 11.1. The maximum Gasteiger partial charge on any atom is 0.343 e. The van der Waals surface area contributed by atoms with Crippen LogP contribution in [0.25, 0.3) is 0 Å². The second-order valence-electron chi connectivity index (χ2n) is 3.85. The van der Waals surface area contributed by atoms with Crippen LogP contribution in [0.15, 0.2) is 6.20 Å². The first-order valence-electron chi connectivity index (χ1n) is 6.04. The molecule has 6 heteroatoms. The fraction of sp³-hybridized carbons (Fsp3) is 0.583. The van der Waals surface area contributed by atoms with E-state index in [4.69, 9.17) is 5.73 Å². The van der Waals surface area contributed by atoms with Crippen LogP contribution >= 0.6 is 0 Å². The number of esters is 1. The molecular weight excluding hydrogens is 232 g/mol. The highest BCUT2D eigenvalue weighted by Gasteiger charge is 2.12. The van der Waals surface area contributed by atoms with Gasteiger partial charge in [0, 0.05) is 19.2 Å². The van der Waals surface area contributed by atoms with Gasteiger partial charge in [-0.3, -0.25) is 0 Å². The van der Waals surface area contributed by atoms with Crippen molar-refractivity contribution in [1.82, 2.24) is 14.9 Å². The predicted octanol–water partition coefficient (Wildman–Crippen LogP) is 0.730. The molecule has 6 nitrogen and oxygen atoms in total. The molecule has 0 aliphatic heterocycles. The fourth-order valence-corrected chi connectivity index (χ4v) is 1.62. The van der Waals surface area contributed by atoms with Crippen LogP contribution in [-0.2, 0) is 11.2 Å². The molecule has 0 unspecified atom stereocenters. The first-order valence-corrected chi connectivity index (χ1v) is 6.04. The van der Waals surface area contributed by atoms with Crippen LogP contribution in [0.4, 0.5) is 5.82 Å². The highest BCUT2D eigenvalue weighted by molar-refractivity contribution is 5.93. The van der Waals surface area contributed by atoms with Gasteiger partial charge in [0.1, 0.15) is 17.2 Å². The van der Waals surface area contributed by atoms with Crippen molar-refractivity contribution in [2.24, 2.45) is 0 Å².